The van der Waals surface area contributed by atoms with Gasteiger partial charge in [0.25, 0.3) is 0 Å². The molecule has 0 saturated carbocycles. The molecule has 0 aliphatic carbocycles. The second kappa shape index (κ2) is 4.90. The van der Waals surface area contributed by atoms with E-state index in [0.717, 1.165) is 16.6 Å². The minimum Gasteiger partial charge on any atom is -0.350 e. The minimum atomic E-state index is -0.411. The number of hydrogen-bond acceptors (Lipinski definition) is 4. The van der Waals surface area contributed by atoms with Crippen LogP contribution in [0.5, 0.6) is 0 Å². The van der Waals surface area contributed by atoms with E-state index in [1.165, 1.54) is 0 Å². The summed E-state index contributed by atoms with van der Waals surface area (Å²) in [5, 5.41) is 15.3. The molecule has 6 heteroatoms. The lowest BCUT2D eigenvalue weighted by molar-refractivity contribution is -0.384. The molecular formula is C15H14N4O2. The van der Waals surface area contributed by atoms with Crippen molar-refractivity contribution in [2.45, 2.75) is 6.92 Å². The van der Waals surface area contributed by atoms with E-state index in [-0.39, 0.29) is 11.5 Å². The molecule has 2 heterocycles. The quantitative estimate of drug-likeness (QED) is 0.589. The summed E-state index contributed by atoms with van der Waals surface area (Å²) < 4.78 is 2.00. The summed E-state index contributed by atoms with van der Waals surface area (Å²) in [6.45, 7) is 1.70. The lowest BCUT2D eigenvalue weighted by Crippen LogP contribution is -2.01. The summed E-state index contributed by atoms with van der Waals surface area (Å²) in [6.07, 6.45) is 3.54. The Morgan fingerprint density at radius 3 is 2.86 bits per heavy atom. The molecule has 2 aromatic heterocycles. The fourth-order valence-corrected chi connectivity index (χ4v) is 2.35. The monoisotopic (exact) mass is 282 g/mol. The van der Waals surface area contributed by atoms with Gasteiger partial charge in [0, 0.05) is 36.2 Å². The van der Waals surface area contributed by atoms with Crippen LogP contribution in [-0.4, -0.2) is 14.5 Å². The van der Waals surface area contributed by atoms with E-state index in [1.54, 1.807) is 19.2 Å². The number of nitro groups is 1. The average molecular weight is 282 g/mol. The number of hydrogen-bond donors (Lipinski definition) is 1. The number of fused-ring (bicyclic) bond motifs is 1. The molecule has 0 atom stereocenters. The average Bonchev–Trinajstić information content (AvgIpc) is 2.80. The number of rotatable bonds is 3. The van der Waals surface area contributed by atoms with E-state index >= 15 is 0 Å². The van der Waals surface area contributed by atoms with Gasteiger partial charge in [-0.1, -0.05) is 6.07 Å². The van der Waals surface area contributed by atoms with Gasteiger partial charge in [-0.25, -0.2) is 4.98 Å². The third kappa shape index (κ3) is 2.31. The number of nitrogens with zero attached hydrogens (tertiary/aromatic N) is 3. The topological polar surface area (TPSA) is 73.0 Å². The molecule has 21 heavy (non-hydrogen) atoms. The van der Waals surface area contributed by atoms with Crippen LogP contribution in [0.25, 0.3) is 10.9 Å². The van der Waals surface area contributed by atoms with Gasteiger partial charge in [0.15, 0.2) is 0 Å². The number of aryl methyl sites for hydroxylation is 2. The maximum Gasteiger partial charge on any atom is 0.314 e. The maximum atomic E-state index is 11.2. The Labute approximate surface area is 121 Å². The van der Waals surface area contributed by atoms with Crippen molar-refractivity contribution >= 4 is 28.1 Å². The van der Waals surface area contributed by atoms with Gasteiger partial charge in [-0.15, -0.1) is 0 Å². The zero-order valence-corrected chi connectivity index (χ0v) is 11.7. The molecule has 0 fully saturated rings. The van der Waals surface area contributed by atoms with Crippen LogP contribution in [-0.2, 0) is 7.05 Å². The van der Waals surface area contributed by atoms with E-state index in [1.807, 2.05) is 42.1 Å². The molecule has 0 spiro atoms. The molecule has 1 aromatic carbocycles. The van der Waals surface area contributed by atoms with Crippen LogP contribution in [0.15, 0.2) is 42.7 Å². The number of aromatic nitrogens is 2. The fourth-order valence-electron chi connectivity index (χ4n) is 2.35. The van der Waals surface area contributed by atoms with E-state index in [2.05, 4.69) is 10.3 Å². The molecule has 0 aliphatic rings. The lowest BCUT2D eigenvalue weighted by Gasteiger charge is -2.08. The summed E-state index contributed by atoms with van der Waals surface area (Å²) in [6, 6.07) is 9.45. The molecule has 106 valence electrons. The van der Waals surface area contributed by atoms with Gasteiger partial charge in [0.05, 0.1) is 4.92 Å². The Hall–Kier alpha value is -2.89. The number of nitrogens with one attached hydrogen (secondary N) is 1. The van der Waals surface area contributed by atoms with E-state index in [4.69, 9.17) is 0 Å². The van der Waals surface area contributed by atoms with Crippen LogP contribution in [0.3, 0.4) is 0 Å². The van der Waals surface area contributed by atoms with Crippen molar-refractivity contribution in [3.05, 3.63) is 58.4 Å². The largest absolute Gasteiger partial charge is 0.350 e. The highest BCUT2D eigenvalue weighted by Crippen LogP contribution is 2.29. The van der Waals surface area contributed by atoms with Gasteiger partial charge in [-0.2, -0.15) is 0 Å². The number of anilines is 2. The number of benzene rings is 1. The summed E-state index contributed by atoms with van der Waals surface area (Å²) in [4.78, 5) is 14.9. The van der Waals surface area contributed by atoms with Gasteiger partial charge in [0.1, 0.15) is 0 Å². The first-order valence-corrected chi connectivity index (χ1v) is 6.48. The molecule has 0 amide bonds. The van der Waals surface area contributed by atoms with Crippen molar-refractivity contribution < 1.29 is 4.92 Å². The van der Waals surface area contributed by atoms with Gasteiger partial charge in [-0.3, -0.25) is 10.1 Å². The molecule has 0 unspecified atom stereocenters. The van der Waals surface area contributed by atoms with Crippen LogP contribution in [0.1, 0.15) is 5.56 Å². The fraction of sp³-hybridized carbons (Fsp3) is 0.133. The Morgan fingerprint density at radius 2 is 2.10 bits per heavy atom. The van der Waals surface area contributed by atoms with Crippen molar-refractivity contribution in [1.82, 2.24) is 9.55 Å². The SMILES string of the molecule is Cc1ccnc(Nc2ccc3ccn(C)c3c2)c1[N+](=O)[O-]. The minimum absolute atomic E-state index is 0.00415. The predicted molar refractivity (Wildman–Crippen MR) is 81.8 cm³/mol. The van der Waals surface area contributed by atoms with Crippen molar-refractivity contribution in [3.8, 4) is 0 Å². The second-order valence-corrected chi connectivity index (χ2v) is 4.91. The van der Waals surface area contributed by atoms with Gasteiger partial charge >= 0.3 is 5.69 Å². The van der Waals surface area contributed by atoms with Crippen LogP contribution in [0.2, 0.25) is 0 Å². The van der Waals surface area contributed by atoms with Crippen molar-refractivity contribution in [2.24, 2.45) is 7.05 Å². The molecule has 6 nitrogen and oxygen atoms in total. The molecule has 0 bridgehead atoms. The molecule has 0 saturated heterocycles. The highest BCUT2D eigenvalue weighted by molar-refractivity contribution is 5.84. The second-order valence-electron chi connectivity index (χ2n) is 4.91. The Balaban J connectivity index is 2.04. The van der Waals surface area contributed by atoms with Gasteiger partial charge < -0.3 is 9.88 Å². The Kier molecular flexibility index (Phi) is 3.06. The van der Waals surface area contributed by atoms with Gasteiger partial charge in [0.2, 0.25) is 5.82 Å². The molecular weight excluding hydrogens is 268 g/mol. The van der Waals surface area contributed by atoms with Crippen molar-refractivity contribution in [1.29, 1.82) is 0 Å². The molecule has 3 aromatic rings. The zero-order chi connectivity index (χ0) is 15.0. The van der Waals surface area contributed by atoms with E-state index in [9.17, 15) is 10.1 Å². The normalized spacial score (nSPS) is 10.8. The molecule has 0 radical (unpaired) electrons. The Morgan fingerprint density at radius 1 is 1.29 bits per heavy atom. The highest BCUT2D eigenvalue weighted by atomic mass is 16.6. The zero-order valence-electron chi connectivity index (χ0n) is 11.7. The molecule has 3 rings (SSSR count). The third-order valence-electron chi connectivity index (χ3n) is 3.46. The van der Waals surface area contributed by atoms with E-state index in [0.29, 0.717) is 5.56 Å². The number of pyridine rings is 1. The molecule has 1 N–H and O–H groups in total. The highest BCUT2D eigenvalue weighted by Gasteiger charge is 2.18. The van der Waals surface area contributed by atoms with Crippen LogP contribution in [0.4, 0.5) is 17.2 Å². The summed E-state index contributed by atoms with van der Waals surface area (Å²) >= 11 is 0. The van der Waals surface area contributed by atoms with Crippen LogP contribution in [0, 0.1) is 17.0 Å². The van der Waals surface area contributed by atoms with Gasteiger partial charge in [-0.05, 0) is 36.6 Å². The van der Waals surface area contributed by atoms with Crippen LogP contribution >= 0.6 is 0 Å². The smallest absolute Gasteiger partial charge is 0.314 e. The van der Waals surface area contributed by atoms with Crippen molar-refractivity contribution in [2.75, 3.05) is 5.32 Å². The molecule has 0 aliphatic heterocycles. The Bertz CT molecular complexity index is 839. The van der Waals surface area contributed by atoms with Crippen molar-refractivity contribution in [3.63, 3.8) is 0 Å². The summed E-state index contributed by atoms with van der Waals surface area (Å²) in [5.41, 5.74) is 2.41. The van der Waals surface area contributed by atoms with Crippen LogP contribution < -0.4 is 5.32 Å². The standard InChI is InChI=1S/C15H14N4O2/c1-10-5-7-16-15(14(10)19(20)21)17-12-4-3-11-6-8-18(2)13(11)9-12/h3-9H,1-2H3,(H,16,17). The summed E-state index contributed by atoms with van der Waals surface area (Å²) in [7, 11) is 1.96. The third-order valence-corrected chi connectivity index (χ3v) is 3.46. The first-order valence-electron chi connectivity index (χ1n) is 6.48. The maximum absolute atomic E-state index is 11.2. The first kappa shape index (κ1) is 13.1. The predicted octanol–water partition coefficient (Wildman–Crippen LogP) is 3.53. The first-order chi connectivity index (χ1) is 10.1. The lowest BCUT2D eigenvalue weighted by atomic mass is 10.2. The summed E-state index contributed by atoms with van der Waals surface area (Å²) in [5.74, 6) is 0.258. The van der Waals surface area contributed by atoms with E-state index < -0.39 is 4.92 Å².